The van der Waals surface area contributed by atoms with Crippen molar-refractivity contribution in [2.45, 2.75) is 32.4 Å². The molecule has 0 fully saturated rings. The number of para-hydroxylation sites is 4. The summed E-state index contributed by atoms with van der Waals surface area (Å²) in [6, 6.07) is 34.7. The van der Waals surface area contributed by atoms with E-state index in [0.717, 1.165) is 47.1 Å². The predicted molar refractivity (Wildman–Crippen MR) is 280 cm³/mol. The molecule has 4 aromatic carbocycles. The molecular formula is C40H46N4O6S8Si3. The third kappa shape index (κ3) is 5.20. The lowest BCUT2D eigenvalue weighted by atomic mass is 10.3. The Labute approximate surface area is 380 Å². The van der Waals surface area contributed by atoms with Crippen molar-refractivity contribution in [2.75, 3.05) is 54.2 Å². The molecule has 6 aliphatic rings. The van der Waals surface area contributed by atoms with Gasteiger partial charge in [-0.05, 0) is 112 Å². The van der Waals surface area contributed by atoms with Gasteiger partial charge in [-0.15, -0.1) is 15.6 Å². The summed E-state index contributed by atoms with van der Waals surface area (Å²) in [6.45, 7) is 0. The standard InChI is InChI=1S/C40H46N4O6S8Si2.Si/c1-45-59(46-2,47-3)39-23-25-57(39,29-43-33-17-9-13-21-37(33)57)55(27-41-31-15-7-11-19-35(31)55)53-51-52-54-56(28-42-32-16-8-12-20-36(32)56)58(30-44-34-18-10-14-22-38(34)58)26-24-40(58)60(48-4,49-5)50-6;/h7-22,27-30H,23-26H2,1-6H3;. The van der Waals surface area contributed by atoms with Gasteiger partial charge < -0.3 is 26.6 Å². The quantitative estimate of drug-likeness (QED) is 0.0495. The summed E-state index contributed by atoms with van der Waals surface area (Å²) in [5, 5.41) is 0. The summed E-state index contributed by atoms with van der Waals surface area (Å²) in [6.07, 6.45) is 1.66. The lowest BCUT2D eigenvalue weighted by molar-refractivity contribution is 0.144. The van der Waals surface area contributed by atoms with Crippen molar-refractivity contribution < 1.29 is 26.6 Å². The van der Waals surface area contributed by atoms with Crippen molar-refractivity contribution >= 4 is 154 Å². The second-order valence-corrected chi connectivity index (χ2v) is 51.7. The molecule has 4 aromatic rings. The van der Waals surface area contributed by atoms with E-state index in [-0.39, 0.29) is 11.0 Å². The third-order valence-electron chi connectivity index (χ3n) is 12.8. The Kier molecular flexibility index (Phi) is 11.6. The summed E-state index contributed by atoms with van der Waals surface area (Å²) < 4.78 is 40.9. The van der Waals surface area contributed by atoms with Crippen LogP contribution in [-0.4, -0.2) is 114 Å². The van der Waals surface area contributed by atoms with Crippen molar-refractivity contribution in [3.8, 4) is 0 Å². The van der Waals surface area contributed by atoms with E-state index >= 15 is 0 Å². The van der Waals surface area contributed by atoms with E-state index in [4.69, 9.17) is 46.5 Å². The van der Waals surface area contributed by atoms with Crippen molar-refractivity contribution in [3.63, 3.8) is 0 Å². The average molecular weight is 1020 g/mol. The summed E-state index contributed by atoms with van der Waals surface area (Å²) in [4.78, 5) is 26.2. The number of hydrogen-bond donors (Lipinski definition) is 0. The molecule has 10 rings (SSSR count). The minimum absolute atomic E-state index is 0. The highest BCUT2D eigenvalue weighted by molar-refractivity contribution is 9.63. The van der Waals surface area contributed by atoms with Gasteiger partial charge in [-0.2, -0.15) is 0 Å². The first-order chi connectivity index (χ1) is 29.2. The van der Waals surface area contributed by atoms with E-state index in [2.05, 4.69) is 119 Å². The van der Waals surface area contributed by atoms with E-state index < -0.39 is 49.4 Å². The van der Waals surface area contributed by atoms with Crippen LogP contribution >= 0.6 is 71.1 Å². The van der Waals surface area contributed by atoms with Gasteiger partial charge in [0.05, 0.1) is 44.9 Å². The van der Waals surface area contributed by atoms with Crippen LogP contribution in [0.3, 0.4) is 0 Å². The zero-order valence-corrected chi connectivity index (χ0v) is 43.9. The molecule has 4 radical (unpaired) electrons. The van der Waals surface area contributed by atoms with E-state index in [1.54, 1.807) is 42.7 Å². The van der Waals surface area contributed by atoms with Crippen molar-refractivity contribution in [1.29, 1.82) is 0 Å². The SMILES string of the molecule is CO[Si](OC)(OC)C1=S2(S3(SSSSS4(S56(=C([Si](OC)(OC)OC)CC5)C=Nc5ccccc56)C=Nc5ccccc54)C=Nc4ccccc43)(C=Nc3ccccc32)CC1.[Si]. The largest absolute Gasteiger partial charge is 0.537 e. The summed E-state index contributed by atoms with van der Waals surface area (Å²) in [5.41, 5.74) is 13.3. The second kappa shape index (κ2) is 15.8. The molecule has 10 nitrogen and oxygen atoms in total. The van der Waals surface area contributed by atoms with Crippen LogP contribution in [0.5, 0.6) is 0 Å². The lowest BCUT2D eigenvalue weighted by Crippen LogP contribution is -2.58. The van der Waals surface area contributed by atoms with Gasteiger partial charge in [0.1, 0.15) is 0 Å². The molecule has 2 atom stereocenters. The Morgan fingerprint density at radius 1 is 0.475 bits per heavy atom. The fourth-order valence-corrected chi connectivity index (χ4v) is 84.8. The first-order valence-corrected chi connectivity index (χ1v) is 37.3. The average Bonchev–Trinajstić information content (AvgIpc) is 4.07. The Hall–Kier alpha value is -1.49. The molecule has 2 spiro atoms. The Balaban J connectivity index is 0.00000476. The Morgan fingerprint density at radius 2 is 0.820 bits per heavy atom. The van der Waals surface area contributed by atoms with Gasteiger partial charge in [-0.3, -0.25) is 0 Å². The Morgan fingerprint density at radius 3 is 1.16 bits per heavy atom. The minimum atomic E-state index is -3.33. The monoisotopic (exact) mass is 1020 g/mol. The summed E-state index contributed by atoms with van der Waals surface area (Å²) >= 11 is 0. The number of aliphatic imine (C=N–C) groups is 4. The fraction of sp³-hybridized carbons (Fsp3) is 0.250. The number of fused-ring (bicyclic) bond motifs is 6. The van der Waals surface area contributed by atoms with Crippen molar-refractivity contribution in [1.82, 2.24) is 0 Å². The molecule has 0 aromatic heterocycles. The Bertz CT molecular complexity index is 2570. The number of rotatable bonds is 15. The number of nitrogens with zero attached hydrogens (tertiary/aromatic N) is 4. The molecule has 322 valence electrons. The first kappa shape index (κ1) is 44.7. The number of benzene rings is 4. The first-order valence-electron chi connectivity index (χ1n) is 19.0. The van der Waals surface area contributed by atoms with E-state index in [0.29, 0.717) is 0 Å². The van der Waals surface area contributed by atoms with Crippen LogP contribution in [0.15, 0.2) is 137 Å². The maximum atomic E-state index is 6.41. The second-order valence-electron chi connectivity index (χ2n) is 14.6. The van der Waals surface area contributed by atoms with Gasteiger partial charge in [0.2, 0.25) is 0 Å². The normalized spacial score (nSPS) is 28.1. The highest BCUT2D eigenvalue weighted by atomic mass is 34.0. The molecule has 0 saturated heterocycles. The van der Waals surface area contributed by atoms with Gasteiger partial charge >= 0.3 is 17.6 Å². The smallest absolute Gasteiger partial charge is 0.373 e. The molecule has 6 aliphatic heterocycles. The molecule has 61 heavy (non-hydrogen) atoms. The highest BCUT2D eigenvalue weighted by Crippen LogP contribution is 3.07. The van der Waals surface area contributed by atoms with Crippen LogP contribution in [0.1, 0.15) is 12.8 Å². The van der Waals surface area contributed by atoms with Crippen LogP contribution in [0.4, 0.5) is 22.7 Å². The van der Waals surface area contributed by atoms with Gasteiger partial charge in [0, 0.05) is 82.2 Å². The zero-order chi connectivity index (χ0) is 41.5. The molecule has 6 heterocycles. The topological polar surface area (TPSA) is 105 Å². The molecule has 0 amide bonds. The van der Waals surface area contributed by atoms with Crippen LogP contribution < -0.4 is 0 Å². The molecule has 0 bridgehead atoms. The predicted octanol–water partition coefficient (Wildman–Crippen LogP) is 12.1. The van der Waals surface area contributed by atoms with Crippen LogP contribution in [-0.2, 0) is 26.6 Å². The van der Waals surface area contributed by atoms with Crippen LogP contribution in [0, 0.1) is 0 Å². The van der Waals surface area contributed by atoms with Gasteiger partial charge in [0.15, 0.2) is 0 Å². The van der Waals surface area contributed by atoms with Gasteiger partial charge in [-0.1, -0.05) is 64.7 Å². The molecule has 21 heteroatoms. The van der Waals surface area contributed by atoms with E-state index in [1.165, 1.54) is 28.6 Å². The maximum absolute atomic E-state index is 6.41. The fourth-order valence-electron chi connectivity index (χ4n) is 9.97. The van der Waals surface area contributed by atoms with Crippen molar-refractivity contribution in [3.05, 3.63) is 97.1 Å². The molecule has 0 saturated carbocycles. The molecule has 0 N–H and O–H groups in total. The minimum Gasteiger partial charge on any atom is -0.373 e. The molecule has 2 unspecified atom stereocenters. The number of hydrogen-bond acceptors (Lipinski definition) is 14. The third-order valence-corrected chi connectivity index (χ3v) is 70.6. The molecule has 0 aliphatic carbocycles. The van der Waals surface area contributed by atoms with Gasteiger partial charge in [-0.25, -0.2) is 20.0 Å². The molecular weight excluding hydrogens is 973 g/mol. The van der Waals surface area contributed by atoms with Gasteiger partial charge in [0.25, 0.3) is 0 Å². The van der Waals surface area contributed by atoms with Crippen LogP contribution in [0.2, 0.25) is 0 Å². The summed E-state index contributed by atoms with van der Waals surface area (Å²) in [5.74, 6) is 1.85. The van der Waals surface area contributed by atoms with Crippen molar-refractivity contribution in [2.24, 2.45) is 20.0 Å². The lowest BCUT2D eigenvalue weighted by Gasteiger charge is -2.67. The zero-order valence-electron chi connectivity index (χ0n) is 34.4. The maximum Gasteiger partial charge on any atom is 0.537 e. The highest BCUT2D eigenvalue weighted by Gasteiger charge is 2.69. The van der Waals surface area contributed by atoms with Crippen LogP contribution in [0.25, 0.3) is 0 Å². The van der Waals surface area contributed by atoms with E-state index in [9.17, 15) is 0 Å². The summed E-state index contributed by atoms with van der Waals surface area (Å²) in [7, 11) is 1.17. The van der Waals surface area contributed by atoms with E-state index in [1.807, 2.05) is 39.3 Å².